The molecule has 1 heterocycles. The molecule has 5 heteroatoms. The van der Waals surface area contributed by atoms with E-state index in [4.69, 9.17) is 0 Å². The van der Waals surface area contributed by atoms with E-state index >= 15 is 0 Å². The van der Waals surface area contributed by atoms with Gasteiger partial charge in [0.2, 0.25) is 0 Å². The number of rotatable bonds is 5. The van der Waals surface area contributed by atoms with Crippen LogP contribution in [0.2, 0.25) is 0 Å². The van der Waals surface area contributed by atoms with Crippen molar-refractivity contribution in [3.8, 4) is 0 Å². The number of guanidine groups is 1. The van der Waals surface area contributed by atoms with Crippen LogP contribution in [0, 0.1) is 0 Å². The summed E-state index contributed by atoms with van der Waals surface area (Å²) in [5.41, 5.74) is 1.42. The maximum Gasteiger partial charge on any atom is 0.193 e. The minimum absolute atomic E-state index is 0. The van der Waals surface area contributed by atoms with Gasteiger partial charge >= 0.3 is 0 Å². The van der Waals surface area contributed by atoms with Gasteiger partial charge < -0.3 is 10.2 Å². The van der Waals surface area contributed by atoms with E-state index < -0.39 is 0 Å². The summed E-state index contributed by atoms with van der Waals surface area (Å²) in [5, 5.41) is 6.11. The Kier molecular flexibility index (Phi) is 6.82. The number of nitrogens with zero attached hydrogens (tertiary/aromatic N) is 2. The standard InChI is InChI=1S/C17H21N3S.HI/c1-20-11-9-18-17(20)19-10-12-21-13-15-7-4-6-14-5-2-3-8-16(14)15;/h2-8H,9-13H2,1H3,(H,18,19);1H. The van der Waals surface area contributed by atoms with E-state index in [0.29, 0.717) is 0 Å². The van der Waals surface area contributed by atoms with Crippen molar-refractivity contribution < 1.29 is 0 Å². The van der Waals surface area contributed by atoms with Gasteiger partial charge in [0, 0.05) is 31.6 Å². The molecule has 3 nitrogen and oxygen atoms in total. The monoisotopic (exact) mass is 427 g/mol. The molecule has 0 amide bonds. The van der Waals surface area contributed by atoms with E-state index in [2.05, 4.69) is 64.7 Å². The molecular formula is C17H22IN3S. The van der Waals surface area contributed by atoms with Crippen LogP contribution in [-0.2, 0) is 5.75 Å². The van der Waals surface area contributed by atoms with Gasteiger partial charge in [-0.2, -0.15) is 11.8 Å². The number of nitrogens with one attached hydrogen (secondary N) is 1. The summed E-state index contributed by atoms with van der Waals surface area (Å²) < 4.78 is 0. The Hall–Kier alpha value is -0.950. The quantitative estimate of drug-likeness (QED) is 0.584. The highest BCUT2D eigenvalue weighted by Crippen LogP contribution is 2.22. The molecular weight excluding hydrogens is 405 g/mol. The molecule has 0 aliphatic carbocycles. The number of aliphatic imine (C=N–C) groups is 1. The molecule has 1 aliphatic rings. The Morgan fingerprint density at radius 3 is 2.82 bits per heavy atom. The first-order chi connectivity index (χ1) is 10.3. The molecule has 1 N–H and O–H groups in total. The Morgan fingerprint density at radius 2 is 2.00 bits per heavy atom. The molecule has 118 valence electrons. The number of fused-ring (bicyclic) bond motifs is 1. The Bertz CT molecular complexity index is 639. The number of hydrogen-bond donors (Lipinski definition) is 1. The van der Waals surface area contributed by atoms with Crippen LogP contribution in [0.5, 0.6) is 0 Å². The van der Waals surface area contributed by atoms with Crippen LogP contribution in [0.3, 0.4) is 0 Å². The van der Waals surface area contributed by atoms with Gasteiger partial charge in [0.05, 0.1) is 6.54 Å². The second kappa shape index (κ2) is 8.62. The highest BCUT2D eigenvalue weighted by Gasteiger charge is 2.10. The predicted molar refractivity (Wildman–Crippen MR) is 108 cm³/mol. The van der Waals surface area contributed by atoms with Gasteiger partial charge in [-0.3, -0.25) is 4.99 Å². The third-order valence-corrected chi connectivity index (χ3v) is 4.73. The molecule has 0 saturated heterocycles. The van der Waals surface area contributed by atoms with Crippen molar-refractivity contribution in [1.29, 1.82) is 0 Å². The fraction of sp³-hybridized carbons (Fsp3) is 0.353. The topological polar surface area (TPSA) is 27.6 Å². The van der Waals surface area contributed by atoms with Gasteiger partial charge in [0.25, 0.3) is 0 Å². The zero-order chi connectivity index (χ0) is 14.5. The third-order valence-electron chi connectivity index (χ3n) is 3.73. The van der Waals surface area contributed by atoms with Crippen molar-refractivity contribution in [2.75, 3.05) is 32.4 Å². The SMILES string of the molecule is CN1CCN=C1NCCSCc1cccc2ccccc12.I. The van der Waals surface area contributed by atoms with Crippen LogP contribution < -0.4 is 5.32 Å². The van der Waals surface area contributed by atoms with Crippen LogP contribution in [0.25, 0.3) is 10.8 Å². The largest absolute Gasteiger partial charge is 0.355 e. The second-order valence-corrected chi connectivity index (χ2v) is 6.35. The van der Waals surface area contributed by atoms with E-state index in [0.717, 1.165) is 37.1 Å². The van der Waals surface area contributed by atoms with Crippen molar-refractivity contribution >= 4 is 52.5 Å². The molecule has 0 spiro atoms. The molecule has 3 rings (SSSR count). The number of benzene rings is 2. The lowest BCUT2D eigenvalue weighted by molar-refractivity contribution is 0.537. The Balaban J connectivity index is 0.00000176. The first-order valence-electron chi connectivity index (χ1n) is 7.38. The molecule has 0 unspecified atom stereocenters. The summed E-state index contributed by atoms with van der Waals surface area (Å²) >= 11 is 1.97. The van der Waals surface area contributed by atoms with Gasteiger partial charge in [-0.15, -0.1) is 24.0 Å². The smallest absolute Gasteiger partial charge is 0.193 e. The average molecular weight is 427 g/mol. The molecule has 0 saturated carbocycles. The predicted octanol–water partition coefficient (Wildman–Crippen LogP) is 3.58. The first-order valence-corrected chi connectivity index (χ1v) is 8.54. The minimum Gasteiger partial charge on any atom is -0.355 e. The summed E-state index contributed by atoms with van der Waals surface area (Å²) in [5.74, 6) is 3.20. The molecule has 0 bridgehead atoms. The molecule has 22 heavy (non-hydrogen) atoms. The number of halogens is 1. The van der Waals surface area contributed by atoms with Gasteiger partial charge in [0.15, 0.2) is 5.96 Å². The van der Waals surface area contributed by atoms with Gasteiger partial charge in [-0.25, -0.2) is 0 Å². The van der Waals surface area contributed by atoms with Gasteiger partial charge in [-0.05, 0) is 16.3 Å². The lowest BCUT2D eigenvalue weighted by Gasteiger charge is -2.15. The molecule has 1 aliphatic heterocycles. The summed E-state index contributed by atoms with van der Waals surface area (Å²) in [6.07, 6.45) is 0. The van der Waals surface area contributed by atoms with E-state index in [1.165, 1.54) is 16.3 Å². The fourth-order valence-corrected chi connectivity index (χ4v) is 3.42. The van der Waals surface area contributed by atoms with E-state index in [-0.39, 0.29) is 24.0 Å². The minimum atomic E-state index is 0. The summed E-state index contributed by atoms with van der Waals surface area (Å²) in [7, 11) is 2.09. The van der Waals surface area contributed by atoms with Crippen LogP contribution in [-0.4, -0.2) is 43.3 Å². The van der Waals surface area contributed by atoms with E-state index in [1.54, 1.807) is 0 Å². The Labute approximate surface area is 153 Å². The molecule has 0 aromatic heterocycles. The number of hydrogen-bond acceptors (Lipinski definition) is 4. The van der Waals surface area contributed by atoms with Gasteiger partial charge in [-0.1, -0.05) is 42.5 Å². The fourth-order valence-electron chi connectivity index (χ4n) is 2.56. The maximum atomic E-state index is 4.44. The number of likely N-dealkylation sites (N-methyl/N-ethyl adjacent to an activating group) is 1. The molecule has 0 radical (unpaired) electrons. The highest BCUT2D eigenvalue weighted by atomic mass is 127. The zero-order valence-electron chi connectivity index (χ0n) is 12.8. The van der Waals surface area contributed by atoms with Crippen molar-refractivity contribution in [1.82, 2.24) is 10.2 Å². The third kappa shape index (κ3) is 4.29. The van der Waals surface area contributed by atoms with E-state index in [1.807, 2.05) is 11.8 Å². The summed E-state index contributed by atoms with van der Waals surface area (Å²) in [4.78, 5) is 6.61. The first kappa shape index (κ1) is 17.4. The van der Waals surface area contributed by atoms with Crippen LogP contribution in [0.4, 0.5) is 0 Å². The zero-order valence-corrected chi connectivity index (χ0v) is 15.9. The van der Waals surface area contributed by atoms with Crippen LogP contribution in [0.1, 0.15) is 5.56 Å². The normalized spacial score (nSPS) is 13.9. The van der Waals surface area contributed by atoms with Gasteiger partial charge in [0.1, 0.15) is 0 Å². The van der Waals surface area contributed by atoms with Crippen LogP contribution in [0.15, 0.2) is 47.5 Å². The van der Waals surface area contributed by atoms with Crippen molar-refractivity contribution in [2.24, 2.45) is 4.99 Å². The Morgan fingerprint density at radius 1 is 1.18 bits per heavy atom. The van der Waals surface area contributed by atoms with Crippen molar-refractivity contribution in [3.05, 3.63) is 48.0 Å². The lowest BCUT2D eigenvalue weighted by Crippen LogP contribution is -2.36. The van der Waals surface area contributed by atoms with Crippen molar-refractivity contribution in [2.45, 2.75) is 5.75 Å². The molecule has 2 aromatic rings. The maximum absolute atomic E-state index is 4.44. The lowest BCUT2D eigenvalue weighted by atomic mass is 10.1. The van der Waals surface area contributed by atoms with E-state index in [9.17, 15) is 0 Å². The summed E-state index contributed by atoms with van der Waals surface area (Å²) in [6.45, 7) is 2.92. The van der Waals surface area contributed by atoms with Crippen LogP contribution >= 0.6 is 35.7 Å². The highest BCUT2D eigenvalue weighted by molar-refractivity contribution is 14.0. The molecule has 0 fully saturated rings. The second-order valence-electron chi connectivity index (χ2n) is 5.24. The van der Waals surface area contributed by atoms with Crippen molar-refractivity contribution in [3.63, 3.8) is 0 Å². The molecule has 0 atom stereocenters. The molecule has 2 aromatic carbocycles. The summed E-state index contributed by atoms with van der Waals surface area (Å²) in [6, 6.07) is 15.2. The number of thioether (sulfide) groups is 1. The average Bonchev–Trinajstić information content (AvgIpc) is 2.92.